The van der Waals surface area contributed by atoms with Gasteiger partial charge in [-0.25, -0.2) is 8.51 Å². The third-order valence-electron chi connectivity index (χ3n) is 3.68. The summed E-state index contributed by atoms with van der Waals surface area (Å²) in [6.45, 7) is 4.11. The Morgan fingerprint density at radius 2 is 1.92 bits per heavy atom. The van der Waals surface area contributed by atoms with Crippen LogP contribution < -0.4 is 10.1 Å². The molecule has 0 saturated carbocycles. The number of methoxy groups -OCH3 is 1. The summed E-state index contributed by atoms with van der Waals surface area (Å²) in [7, 11) is 1.94. The summed E-state index contributed by atoms with van der Waals surface area (Å²) in [4.78, 5) is 12.8. The normalized spacial score (nSPS) is 12.1. The number of halogens is 1. The van der Waals surface area contributed by atoms with Gasteiger partial charge < -0.3 is 10.1 Å². The lowest BCUT2D eigenvalue weighted by Gasteiger charge is -2.19. The number of carbonyl (C=O) groups excluding carboxylic acids is 1. The molecule has 7 nitrogen and oxygen atoms in total. The van der Waals surface area contributed by atoms with E-state index >= 15 is 0 Å². The number of rotatable bonds is 7. The van der Waals surface area contributed by atoms with Crippen LogP contribution >= 0.6 is 11.6 Å². The van der Waals surface area contributed by atoms with Crippen molar-refractivity contribution in [1.29, 1.82) is 0 Å². The fourth-order valence-corrected chi connectivity index (χ4v) is 3.73. The predicted octanol–water partition coefficient (Wildman–Crippen LogP) is 2.74. The average Bonchev–Trinajstić information content (AvgIpc) is 2.60. The number of anilines is 1. The fourth-order valence-electron chi connectivity index (χ4n) is 2.39. The molecular formula is C17H21ClN4O3S. The number of amides is 1. The van der Waals surface area contributed by atoms with Gasteiger partial charge in [0.15, 0.2) is 11.0 Å². The maximum Gasteiger partial charge on any atom is 0.226 e. The van der Waals surface area contributed by atoms with Crippen molar-refractivity contribution >= 4 is 34.3 Å². The van der Waals surface area contributed by atoms with Crippen molar-refractivity contribution in [2.24, 2.45) is 0 Å². The number of carbonyl (C=O) groups is 1. The zero-order valence-corrected chi connectivity index (χ0v) is 16.6. The number of hydrogen-bond acceptors (Lipinski definition) is 5. The van der Waals surface area contributed by atoms with E-state index in [1.165, 1.54) is 0 Å². The van der Waals surface area contributed by atoms with E-state index < -0.39 is 11.0 Å². The molecule has 26 heavy (non-hydrogen) atoms. The summed E-state index contributed by atoms with van der Waals surface area (Å²) in [5.41, 5.74) is 1.76. The molecule has 140 valence electrons. The van der Waals surface area contributed by atoms with Gasteiger partial charge in [0.25, 0.3) is 0 Å². The van der Waals surface area contributed by atoms with Crippen molar-refractivity contribution in [3.05, 3.63) is 40.5 Å². The molecule has 1 aromatic carbocycles. The molecule has 0 spiro atoms. The summed E-state index contributed by atoms with van der Waals surface area (Å²) in [6.07, 6.45) is 0.167. The molecule has 2 rings (SSSR count). The van der Waals surface area contributed by atoms with Gasteiger partial charge in [0.05, 0.1) is 12.0 Å². The first kappa shape index (κ1) is 20.3. The van der Waals surface area contributed by atoms with Crippen molar-refractivity contribution in [2.45, 2.75) is 25.2 Å². The molecule has 1 atom stereocenters. The molecule has 9 heteroatoms. The van der Waals surface area contributed by atoms with E-state index in [2.05, 4.69) is 15.5 Å². The second kappa shape index (κ2) is 9.07. The van der Waals surface area contributed by atoms with Gasteiger partial charge in [-0.1, -0.05) is 11.6 Å². The zero-order chi connectivity index (χ0) is 19.3. The smallest absolute Gasteiger partial charge is 0.226 e. The summed E-state index contributed by atoms with van der Waals surface area (Å²) >= 11 is 5.65. The van der Waals surface area contributed by atoms with Crippen LogP contribution in [0.2, 0.25) is 5.15 Å². The molecule has 1 N–H and O–H groups in total. The van der Waals surface area contributed by atoms with Crippen LogP contribution in [0, 0.1) is 13.8 Å². The molecule has 0 saturated heterocycles. The Bertz CT molecular complexity index is 791. The van der Waals surface area contributed by atoms with Crippen LogP contribution in [-0.4, -0.2) is 45.3 Å². The van der Waals surface area contributed by atoms with Crippen LogP contribution in [0.5, 0.6) is 5.75 Å². The van der Waals surface area contributed by atoms with Gasteiger partial charge in [-0.15, -0.1) is 10.2 Å². The molecule has 0 aliphatic heterocycles. The first-order valence-corrected chi connectivity index (χ1v) is 9.37. The monoisotopic (exact) mass is 396 g/mol. The quantitative estimate of drug-likeness (QED) is 0.777. The van der Waals surface area contributed by atoms with Gasteiger partial charge in [0.2, 0.25) is 5.91 Å². The van der Waals surface area contributed by atoms with Crippen LogP contribution in [0.1, 0.15) is 17.5 Å². The van der Waals surface area contributed by atoms with E-state index in [1.54, 1.807) is 30.6 Å². The predicted molar refractivity (Wildman–Crippen MR) is 102 cm³/mol. The summed E-state index contributed by atoms with van der Waals surface area (Å²) in [5.74, 6) is 0.811. The summed E-state index contributed by atoms with van der Waals surface area (Å²) in [6, 6.07) is 6.81. The molecule has 0 bridgehead atoms. The standard InChI is InChI=1S/C17H21ClN4O3S/c1-11-9-13(25-4)10-12(2)17(11)26(24)22(3)8-7-16(23)19-15-6-5-14(18)20-21-15/h5-6,9-10H,7-8H2,1-4H3,(H,19,21,23). The van der Waals surface area contributed by atoms with Crippen molar-refractivity contribution < 1.29 is 13.7 Å². The second-order valence-corrected chi connectivity index (χ2v) is 7.65. The number of aryl methyl sites for hydroxylation is 2. The molecule has 1 unspecified atom stereocenters. The van der Waals surface area contributed by atoms with Crippen molar-refractivity contribution in [3.63, 3.8) is 0 Å². The Labute approximate surface area is 160 Å². The highest BCUT2D eigenvalue weighted by Crippen LogP contribution is 2.25. The van der Waals surface area contributed by atoms with E-state index in [0.29, 0.717) is 12.4 Å². The fraction of sp³-hybridized carbons (Fsp3) is 0.353. The van der Waals surface area contributed by atoms with Gasteiger partial charge in [-0.2, -0.15) is 0 Å². The molecule has 0 radical (unpaired) electrons. The van der Waals surface area contributed by atoms with E-state index in [0.717, 1.165) is 21.8 Å². The van der Waals surface area contributed by atoms with Gasteiger partial charge >= 0.3 is 0 Å². The molecule has 1 aromatic heterocycles. The number of benzene rings is 1. The lowest BCUT2D eigenvalue weighted by Crippen LogP contribution is -2.27. The minimum atomic E-state index is -1.38. The number of nitrogens with one attached hydrogen (secondary N) is 1. The Morgan fingerprint density at radius 3 is 2.46 bits per heavy atom. The highest BCUT2D eigenvalue weighted by Gasteiger charge is 2.18. The molecule has 1 heterocycles. The average molecular weight is 397 g/mol. The van der Waals surface area contributed by atoms with Gasteiger partial charge in [-0.05, 0) is 49.2 Å². The van der Waals surface area contributed by atoms with E-state index in [4.69, 9.17) is 16.3 Å². The number of nitrogens with zero attached hydrogens (tertiary/aromatic N) is 3. The third kappa shape index (κ3) is 5.23. The highest BCUT2D eigenvalue weighted by molar-refractivity contribution is 7.82. The number of aromatic nitrogens is 2. The Morgan fingerprint density at radius 1 is 1.27 bits per heavy atom. The van der Waals surface area contributed by atoms with Crippen LogP contribution in [0.15, 0.2) is 29.2 Å². The van der Waals surface area contributed by atoms with Crippen molar-refractivity contribution in [3.8, 4) is 5.75 Å². The Hall–Kier alpha value is -2.03. The third-order valence-corrected chi connectivity index (χ3v) is 5.62. The number of hydrogen-bond donors (Lipinski definition) is 1. The second-order valence-electron chi connectivity index (χ2n) is 5.73. The van der Waals surface area contributed by atoms with Gasteiger partial charge in [0.1, 0.15) is 16.7 Å². The van der Waals surface area contributed by atoms with Crippen molar-refractivity contribution in [2.75, 3.05) is 26.0 Å². The van der Waals surface area contributed by atoms with Crippen LogP contribution in [0.4, 0.5) is 5.82 Å². The zero-order valence-electron chi connectivity index (χ0n) is 15.1. The topological polar surface area (TPSA) is 84.4 Å². The van der Waals surface area contributed by atoms with E-state index in [-0.39, 0.29) is 17.5 Å². The maximum absolute atomic E-state index is 12.8. The lowest BCUT2D eigenvalue weighted by molar-refractivity contribution is -0.116. The Balaban J connectivity index is 1.97. The van der Waals surface area contributed by atoms with Crippen LogP contribution in [-0.2, 0) is 15.8 Å². The van der Waals surface area contributed by atoms with Gasteiger partial charge in [0, 0.05) is 20.0 Å². The van der Waals surface area contributed by atoms with E-state index in [1.807, 2.05) is 26.0 Å². The highest BCUT2D eigenvalue weighted by atomic mass is 35.5. The molecule has 0 aliphatic rings. The molecule has 0 aliphatic carbocycles. The molecule has 0 fully saturated rings. The lowest BCUT2D eigenvalue weighted by atomic mass is 10.1. The maximum atomic E-state index is 12.8. The molecule has 2 aromatic rings. The molecule has 1 amide bonds. The first-order chi connectivity index (χ1) is 12.3. The molecular weight excluding hydrogens is 376 g/mol. The van der Waals surface area contributed by atoms with Gasteiger partial charge in [-0.3, -0.25) is 4.79 Å². The minimum Gasteiger partial charge on any atom is -0.497 e. The Kier molecular flexibility index (Phi) is 7.07. The van der Waals surface area contributed by atoms with Crippen LogP contribution in [0.25, 0.3) is 0 Å². The first-order valence-electron chi connectivity index (χ1n) is 7.89. The number of ether oxygens (including phenoxy) is 1. The SMILES string of the molecule is COc1cc(C)c(S(=O)N(C)CCC(=O)Nc2ccc(Cl)nn2)c(C)c1. The minimum absolute atomic E-state index is 0.167. The van der Waals surface area contributed by atoms with E-state index in [9.17, 15) is 9.00 Å². The van der Waals surface area contributed by atoms with Crippen LogP contribution in [0.3, 0.4) is 0 Å². The summed E-state index contributed by atoms with van der Waals surface area (Å²) < 4.78 is 19.7. The summed E-state index contributed by atoms with van der Waals surface area (Å²) in [5, 5.41) is 10.3. The van der Waals surface area contributed by atoms with Crippen molar-refractivity contribution in [1.82, 2.24) is 14.5 Å². The largest absolute Gasteiger partial charge is 0.497 e.